The van der Waals surface area contributed by atoms with E-state index >= 15 is 4.39 Å². The number of fused-ring (bicyclic) bond motifs is 1. The van der Waals surface area contributed by atoms with Gasteiger partial charge in [0.15, 0.2) is 5.82 Å². The Kier molecular flexibility index (Phi) is 6.88. The average Bonchev–Trinajstić information content (AvgIpc) is 2.86. The van der Waals surface area contributed by atoms with Crippen LogP contribution in [0.1, 0.15) is 57.7 Å². The third-order valence-corrected chi connectivity index (χ3v) is 7.56. The van der Waals surface area contributed by atoms with Crippen molar-refractivity contribution in [3.8, 4) is 11.3 Å². The van der Waals surface area contributed by atoms with Crippen LogP contribution in [0, 0.1) is 17.0 Å². The minimum atomic E-state index is -0.590. The molecule has 0 saturated carbocycles. The molecule has 0 aliphatic carbocycles. The van der Waals surface area contributed by atoms with Crippen LogP contribution < -0.4 is 10.2 Å². The number of rotatable bonds is 5. The van der Waals surface area contributed by atoms with Crippen molar-refractivity contribution in [2.45, 2.75) is 58.9 Å². The van der Waals surface area contributed by atoms with Crippen LogP contribution in [0.25, 0.3) is 11.3 Å². The number of nitrogens with zero attached hydrogens (tertiary/aromatic N) is 5. The molecule has 1 fully saturated rings. The maximum atomic E-state index is 15.4. The first-order chi connectivity index (χ1) is 17.6. The van der Waals surface area contributed by atoms with Crippen molar-refractivity contribution in [3.05, 3.63) is 59.6 Å². The van der Waals surface area contributed by atoms with Gasteiger partial charge < -0.3 is 15.1 Å². The number of halogens is 2. The van der Waals surface area contributed by atoms with E-state index in [0.29, 0.717) is 23.5 Å². The van der Waals surface area contributed by atoms with Gasteiger partial charge in [-0.2, -0.15) is 0 Å². The van der Waals surface area contributed by atoms with E-state index in [9.17, 15) is 4.39 Å². The maximum absolute atomic E-state index is 15.4. The summed E-state index contributed by atoms with van der Waals surface area (Å²) in [5, 5.41) is 3.13. The first-order valence-electron chi connectivity index (χ1n) is 13.1. The second-order valence-electron chi connectivity index (χ2n) is 11.6. The molecule has 2 aromatic heterocycles. The molecule has 8 heteroatoms. The van der Waals surface area contributed by atoms with Crippen molar-refractivity contribution in [2.75, 3.05) is 36.9 Å². The molecule has 4 heterocycles. The Bertz CT molecular complexity index is 1270. The van der Waals surface area contributed by atoms with Crippen molar-refractivity contribution in [2.24, 2.45) is 5.41 Å². The van der Waals surface area contributed by atoms with Crippen molar-refractivity contribution in [1.29, 1.82) is 0 Å². The number of aromatic nitrogens is 3. The SMILES string of the molecule is CC(C)N1CC(C)(C)Cc2c(F)cc(-c3nc(Nc4ccc(C5CCN(C)CC5)nc4)ncc3F)cc21. The highest BCUT2D eigenvalue weighted by molar-refractivity contribution is 5.71. The van der Waals surface area contributed by atoms with E-state index in [2.05, 4.69) is 64.8 Å². The number of pyridine rings is 1. The first-order valence-corrected chi connectivity index (χ1v) is 13.1. The summed E-state index contributed by atoms with van der Waals surface area (Å²) >= 11 is 0. The molecule has 196 valence electrons. The normalized spacial score (nSPS) is 18.2. The van der Waals surface area contributed by atoms with E-state index in [4.69, 9.17) is 0 Å². The Balaban J connectivity index is 1.41. The monoisotopic (exact) mass is 506 g/mol. The third-order valence-electron chi connectivity index (χ3n) is 7.56. The zero-order valence-corrected chi connectivity index (χ0v) is 22.4. The Morgan fingerprint density at radius 3 is 2.46 bits per heavy atom. The third kappa shape index (κ3) is 5.44. The molecule has 0 unspecified atom stereocenters. The van der Waals surface area contributed by atoms with Gasteiger partial charge in [0.1, 0.15) is 11.5 Å². The molecule has 0 atom stereocenters. The molecule has 6 nitrogen and oxygen atoms in total. The molecule has 37 heavy (non-hydrogen) atoms. The summed E-state index contributed by atoms with van der Waals surface area (Å²) in [6.45, 7) is 11.4. The maximum Gasteiger partial charge on any atom is 0.227 e. The van der Waals surface area contributed by atoms with Crippen molar-refractivity contribution >= 4 is 17.3 Å². The number of anilines is 3. The molecule has 0 bridgehead atoms. The molecule has 1 aromatic carbocycles. The second kappa shape index (κ2) is 9.97. The van der Waals surface area contributed by atoms with Gasteiger partial charge >= 0.3 is 0 Å². The summed E-state index contributed by atoms with van der Waals surface area (Å²) in [7, 11) is 2.15. The highest BCUT2D eigenvalue weighted by Gasteiger charge is 2.34. The highest BCUT2D eigenvalue weighted by atomic mass is 19.1. The number of piperidine rings is 1. The van der Waals surface area contributed by atoms with Gasteiger partial charge in [-0.15, -0.1) is 0 Å². The number of benzene rings is 1. The molecular weight excluding hydrogens is 470 g/mol. The molecule has 0 spiro atoms. The standard InChI is InChI=1S/C29H36F2N6/c1-18(2)37-17-29(3,4)14-22-23(30)12-20(13-26(22)37)27-24(31)16-33-28(35-27)34-21-6-7-25(32-15-21)19-8-10-36(5)11-9-19/h6-7,12-13,15-16,18-19H,8-11,14,17H2,1-5H3,(H,33,34,35). The molecular formula is C29H36F2N6. The van der Waals surface area contributed by atoms with E-state index in [1.165, 1.54) is 6.07 Å². The smallest absolute Gasteiger partial charge is 0.227 e. The van der Waals surface area contributed by atoms with Gasteiger partial charge in [-0.1, -0.05) is 13.8 Å². The topological polar surface area (TPSA) is 57.2 Å². The summed E-state index contributed by atoms with van der Waals surface area (Å²) < 4.78 is 30.3. The summed E-state index contributed by atoms with van der Waals surface area (Å²) in [5.74, 6) is -0.209. The van der Waals surface area contributed by atoms with Gasteiger partial charge in [0.2, 0.25) is 5.95 Å². The Morgan fingerprint density at radius 2 is 1.78 bits per heavy atom. The van der Waals surface area contributed by atoms with E-state index in [-0.39, 0.29) is 28.9 Å². The average molecular weight is 507 g/mol. The zero-order chi connectivity index (χ0) is 26.3. The lowest BCUT2D eigenvalue weighted by Gasteiger charge is -2.43. The fourth-order valence-electron chi connectivity index (χ4n) is 5.52. The summed E-state index contributed by atoms with van der Waals surface area (Å²) in [4.78, 5) is 17.7. The van der Waals surface area contributed by atoms with Gasteiger partial charge in [-0.3, -0.25) is 4.98 Å². The van der Waals surface area contributed by atoms with Crippen LogP contribution in [0.5, 0.6) is 0 Å². The molecule has 1 saturated heterocycles. The zero-order valence-electron chi connectivity index (χ0n) is 22.4. The Hall–Kier alpha value is -3.13. The molecule has 0 radical (unpaired) electrons. The van der Waals surface area contributed by atoms with Crippen molar-refractivity contribution < 1.29 is 8.78 Å². The number of likely N-dealkylation sites (tertiary alicyclic amines) is 1. The van der Waals surface area contributed by atoms with Crippen LogP contribution in [0.4, 0.5) is 26.1 Å². The van der Waals surface area contributed by atoms with Gasteiger partial charge in [0.25, 0.3) is 0 Å². The van der Waals surface area contributed by atoms with Gasteiger partial charge in [0.05, 0.1) is 18.1 Å². The molecule has 2 aliphatic heterocycles. The minimum Gasteiger partial charge on any atom is -0.368 e. The van der Waals surface area contributed by atoms with Crippen LogP contribution in [-0.4, -0.2) is 52.6 Å². The number of hydrogen-bond donors (Lipinski definition) is 1. The predicted octanol–water partition coefficient (Wildman–Crippen LogP) is 6.17. The molecule has 0 amide bonds. The molecule has 3 aromatic rings. The Morgan fingerprint density at radius 1 is 1.03 bits per heavy atom. The van der Waals surface area contributed by atoms with Crippen LogP contribution in [-0.2, 0) is 6.42 Å². The molecule has 5 rings (SSSR count). The van der Waals surface area contributed by atoms with Gasteiger partial charge in [-0.25, -0.2) is 18.7 Å². The van der Waals surface area contributed by atoms with Crippen LogP contribution in [0.2, 0.25) is 0 Å². The van der Waals surface area contributed by atoms with E-state index in [1.807, 2.05) is 18.2 Å². The lowest BCUT2D eigenvalue weighted by atomic mass is 9.80. The molecule has 1 N–H and O–H groups in total. The quantitative estimate of drug-likeness (QED) is 0.447. The number of nitrogens with one attached hydrogen (secondary N) is 1. The van der Waals surface area contributed by atoms with Crippen LogP contribution >= 0.6 is 0 Å². The van der Waals surface area contributed by atoms with Crippen molar-refractivity contribution in [3.63, 3.8) is 0 Å². The predicted molar refractivity (Wildman–Crippen MR) is 144 cm³/mol. The lowest BCUT2D eigenvalue weighted by molar-refractivity contribution is 0.253. The van der Waals surface area contributed by atoms with E-state index in [1.54, 1.807) is 6.20 Å². The fraction of sp³-hybridized carbons (Fsp3) is 0.483. The first kappa shape index (κ1) is 25.5. The number of hydrogen-bond acceptors (Lipinski definition) is 6. The summed E-state index contributed by atoms with van der Waals surface area (Å²) in [5.41, 5.74) is 3.72. The van der Waals surface area contributed by atoms with Crippen molar-refractivity contribution in [1.82, 2.24) is 19.9 Å². The second-order valence-corrected chi connectivity index (χ2v) is 11.6. The fourth-order valence-corrected chi connectivity index (χ4v) is 5.52. The van der Waals surface area contributed by atoms with E-state index in [0.717, 1.165) is 55.7 Å². The van der Waals surface area contributed by atoms with Crippen LogP contribution in [0.15, 0.2) is 36.7 Å². The highest BCUT2D eigenvalue weighted by Crippen LogP contribution is 2.41. The largest absolute Gasteiger partial charge is 0.368 e. The lowest BCUT2D eigenvalue weighted by Crippen LogP contribution is -2.44. The van der Waals surface area contributed by atoms with E-state index < -0.39 is 5.82 Å². The summed E-state index contributed by atoms with van der Waals surface area (Å²) in [6, 6.07) is 7.43. The van der Waals surface area contributed by atoms with Gasteiger partial charge in [-0.05, 0) is 82.9 Å². The Labute approximate surface area is 218 Å². The molecule has 2 aliphatic rings. The van der Waals surface area contributed by atoms with Crippen LogP contribution in [0.3, 0.4) is 0 Å². The summed E-state index contributed by atoms with van der Waals surface area (Å²) in [6.07, 6.45) is 5.73. The van der Waals surface area contributed by atoms with Gasteiger partial charge in [0, 0.05) is 41.0 Å². The minimum absolute atomic E-state index is 0.0478.